The summed E-state index contributed by atoms with van der Waals surface area (Å²) in [5.74, 6) is 0.439. The number of ether oxygens (including phenoxy) is 1. The highest BCUT2D eigenvalue weighted by atomic mass is 19.1. The van der Waals surface area contributed by atoms with E-state index >= 15 is 0 Å². The second-order valence-corrected chi connectivity index (χ2v) is 5.25. The Morgan fingerprint density at radius 3 is 2.58 bits per heavy atom. The summed E-state index contributed by atoms with van der Waals surface area (Å²) in [5, 5.41) is 0. The first-order chi connectivity index (χ1) is 9.04. The number of hydrogen-bond donors (Lipinski definition) is 1. The van der Waals surface area contributed by atoms with Crippen molar-refractivity contribution >= 4 is 0 Å². The van der Waals surface area contributed by atoms with Gasteiger partial charge in [-0.2, -0.15) is 0 Å². The molecule has 1 rings (SSSR count). The maximum atomic E-state index is 13.2. The monoisotopic (exact) mass is 267 g/mol. The first-order valence-electron chi connectivity index (χ1n) is 7.26. The van der Waals surface area contributed by atoms with Gasteiger partial charge in [0.15, 0.2) is 0 Å². The maximum Gasteiger partial charge on any atom is 0.124 e. The van der Waals surface area contributed by atoms with Gasteiger partial charge in [-0.1, -0.05) is 26.2 Å². The van der Waals surface area contributed by atoms with Gasteiger partial charge >= 0.3 is 0 Å². The average molecular weight is 267 g/mol. The summed E-state index contributed by atoms with van der Waals surface area (Å²) in [5.41, 5.74) is 6.59. The Morgan fingerprint density at radius 2 is 1.95 bits per heavy atom. The summed E-state index contributed by atoms with van der Waals surface area (Å²) in [6, 6.07) is 4.34. The van der Waals surface area contributed by atoms with Crippen LogP contribution in [-0.2, 0) is 0 Å². The minimum Gasteiger partial charge on any atom is -0.490 e. The molecule has 0 saturated heterocycles. The lowest BCUT2D eigenvalue weighted by Crippen LogP contribution is -2.15. The predicted molar refractivity (Wildman–Crippen MR) is 77.9 cm³/mol. The Kier molecular flexibility index (Phi) is 6.85. The molecule has 1 unspecified atom stereocenters. The lowest BCUT2D eigenvalue weighted by atomic mass is 10.1. The molecule has 108 valence electrons. The van der Waals surface area contributed by atoms with Crippen LogP contribution in [0.3, 0.4) is 0 Å². The van der Waals surface area contributed by atoms with Crippen LogP contribution in [0.1, 0.15) is 64.5 Å². The standard InChI is InChI=1S/C16H26FNO/c1-4-5-6-7-8-12(2)19-16-10-9-14(17)11-15(16)13(3)18/h9-13H,4-8,18H2,1-3H3/t12?,13-/m0/s1. The van der Waals surface area contributed by atoms with Gasteiger partial charge in [-0.3, -0.25) is 0 Å². The largest absolute Gasteiger partial charge is 0.490 e. The minimum atomic E-state index is -0.268. The molecule has 0 heterocycles. The SMILES string of the molecule is CCCCCCC(C)Oc1ccc(F)cc1[C@H](C)N. The second-order valence-electron chi connectivity index (χ2n) is 5.25. The van der Waals surface area contributed by atoms with E-state index < -0.39 is 0 Å². The Bertz CT molecular complexity index is 379. The molecule has 0 spiro atoms. The number of rotatable bonds is 8. The van der Waals surface area contributed by atoms with Crippen molar-refractivity contribution in [1.29, 1.82) is 0 Å². The van der Waals surface area contributed by atoms with Gasteiger partial charge in [-0.15, -0.1) is 0 Å². The van der Waals surface area contributed by atoms with Gasteiger partial charge < -0.3 is 10.5 Å². The molecule has 0 fully saturated rings. The van der Waals surface area contributed by atoms with Crippen molar-refractivity contribution in [3.63, 3.8) is 0 Å². The van der Waals surface area contributed by atoms with Gasteiger partial charge in [0.25, 0.3) is 0 Å². The first kappa shape index (κ1) is 16.0. The van der Waals surface area contributed by atoms with E-state index in [9.17, 15) is 4.39 Å². The van der Waals surface area contributed by atoms with Crippen LogP contribution in [0.25, 0.3) is 0 Å². The fourth-order valence-electron chi connectivity index (χ4n) is 2.12. The van der Waals surface area contributed by atoms with Crippen LogP contribution < -0.4 is 10.5 Å². The van der Waals surface area contributed by atoms with Crippen molar-refractivity contribution in [3.05, 3.63) is 29.6 Å². The third kappa shape index (κ3) is 5.60. The number of hydrogen-bond acceptors (Lipinski definition) is 2. The molecule has 2 N–H and O–H groups in total. The maximum absolute atomic E-state index is 13.2. The average Bonchev–Trinajstić information content (AvgIpc) is 2.36. The number of halogens is 1. The van der Waals surface area contributed by atoms with E-state index in [-0.39, 0.29) is 18.0 Å². The third-order valence-corrected chi connectivity index (χ3v) is 3.25. The van der Waals surface area contributed by atoms with E-state index in [0.717, 1.165) is 12.0 Å². The molecule has 0 saturated carbocycles. The van der Waals surface area contributed by atoms with Gasteiger partial charge in [-0.25, -0.2) is 4.39 Å². The highest BCUT2D eigenvalue weighted by Gasteiger charge is 2.12. The van der Waals surface area contributed by atoms with Crippen LogP contribution in [0, 0.1) is 5.82 Å². The molecule has 1 aromatic carbocycles. The minimum absolute atomic E-state index is 0.139. The summed E-state index contributed by atoms with van der Waals surface area (Å²) in [4.78, 5) is 0. The summed E-state index contributed by atoms with van der Waals surface area (Å²) >= 11 is 0. The van der Waals surface area contributed by atoms with Crippen molar-refractivity contribution in [2.75, 3.05) is 0 Å². The fourth-order valence-corrected chi connectivity index (χ4v) is 2.12. The van der Waals surface area contributed by atoms with Gasteiger partial charge in [0.1, 0.15) is 11.6 Å². The molecule has 3 heteroatoms. The lowest BCUT2D eigenvalue weighted by Gasteiger charge is -2.19. The highest BCUT2D eigenvalue weighted by molar-refractivity contribution is 5.36. The van der Waals surface area contributed by atoms with Crippen molar-refractivity contribution in [2.24, 2.45) is 5.73 Å². The van der Waals surface area contributed by atoms with E-state index in [2.05, 4.69) is 13.8 Å². The quantitative estimate of drug-likeness (QED) is 0.699. The molecule has 19 heavy (non-hydrogen) atoms. The molecular weight excluding hydrogens is 241 g/mol. The van der Waals surface area contributed by atoms with Crippen LogP contribution in [0.4, 0.5) is 4.39 Å². The number of benzene rings is 1. The topological polar surface area (TPSA) is 35.2 Å². The second kappa shape index (κ2) is 8.16. The third-order valence-electron chi connectivity index (χ3n) is 3.25. The zero-order valence-corrected chi connectivity index (χ0v) is 12.3. The summed E-state index contributed by atoms with van der Waals surface area (Å²) < 4.78 is 19.1. The Balaban J connectivity index is 2.56. The molecular formula is C16H26FNO. The van der Waals surface area contributed by atoms with Crippen molar-refractivity contribution < 1.29 is 9.13 Å². The van der Waals surface area contributed by atoms with Crippen LogP contribution in [0.5, 0.6) is 5.75 Å². The molecule has 0 radical (unpaired) electrons. The van der Waals surface area contributed by atoms with E-state index in [0.29, 0.717) is 5.75 Å². The predicted octanol–water partition coefficient (Wildman–Crippen LogP) is 4.58. The molecule has 2 atom stereocenters. The molecule has 0 aliphatic heterocycles. The van der Waals surface area contributed by atoms with Crippen LogP contribution in [-0.4, -0.2) is 6.10 Å². The van der Waals surface area contributed by atoms with E-state index in [1.165, 1.54) is 37.8 Å². The fraction of sp³-hybridized carbons (Fsp3) is 0.625. The summed E-state index contributed by atoms with van der Waals surface area (Å²) in [6.45, 7) is 6.10. The summed E-state index contributed by atoms with van der Waals surface area (Å²) in [7, 11) is 0. The number of nitrogens with two attached hydrogens (primary N) is 1. The molecule has 0 bridgehead atoms. The molecule has 0 aliphatic carbocycles. The van der Waals surface area contributed by atoms with Crippen LogP contribution >= 0.6 is 0 Å². The number of unbranched alkanes of at least 4 members (excludes halogenated alkanes) is 3. The molecule has 0 amide bonds. The van der Waals surface area contributed by atoms with Crippen LogP contribution in [0.15, 0.2) is 18.2 Å². The zero-order valence-electron chi connectivity index (χ0n) is 12.3. The normalized spacial score (nSPS) is 14.2. The van der Waals surface area contributed by atoms with Crippen molar-refractivity contribution in [1.82, 2.24) is 0 Å². The van der Waals surface area contributed by atoms with Crippen molar-refractivity contribution in [3.8, 4) is 5.75 Å². The molecule has 0 aromatic heterocycles. The van der Waals surface area contributed by atoms with E-state index in [1.807, 2.05) is 6.92 Å². The van der Waals surface area contributed by atoms with Gasteiger partial charge in [0.2, 0.25) is 0 Å². The summed E-state index contributed by atoms with van der Waals surface area (Å²) in [6.07, 6.45) is 6.09. The smallest absolute Gasteiger partial charge is 0.124 e. The zero-order chi connectivity index (χ0) is 14.3. The van der Waals surface area contributed by atoms with Gasteiger partial charge in [-0.05, 0) is 44.9 Å². The highest BCUT2D eigenvalue weighted by Crippen LogP contribution is 2.26. The Morgan fingerprint density at radius 1 is 1.21 bits per heavy atom. The van der Waals surface area contributed by atoms with E-state index in [1.54, 1.807) is 6.07 Å². The molecule has 2 nitrogen and oxygen atoms in total. The Labute approximate surface area is 116 Å². The Hall–Kier alpha value is -1.09. The first-order valence-corrected chi connectivity index (χ1v) is 7.26. The van der Waals surface area contributed by atoms with E-state index in [4.69, 9.17) is 10.5 Å². The van der Waals surface area contributed by atoms with Crippen LogP contribution in [0.2, 0.25) is 0 Å². The van der Waals surface area contributed by atoms with Crippen molar-refractivity contribution in [2.45, 2.75) is 65.0 Å². The molecule has 1 aromatic rings. The van der Waals surface area contributed by atoms with Gasteiger partial charge in [0.05, 0.1) is 6.10 Å². The van der Waals surface area contributed by atoms with Gasteiger partial charge in [0, 0.05) is 11.6 Å². The lowest BCUT2D eigenvalue weighted by molar-refractivity contribution is 0.203. The molecule has 0 aliphatic rings.